The minimum absolute atomic E-state index is 0.0923. The van der Waals surface area contributed by atoms with E-state index in [0.29, 0.717) is 18.5 Å². The van der Waals surface area contributed by atoms with Crippen molar-refractivity contribution in [2.24, 2.45) is 0 Å². The molecule has 2 aromatic carbocycles. The molecule has 1 aromatic heterocycles. The van der Waals surface area contributed by atoms with E-state index >= 15 is 0 Å². The molecule has 0 saturated carbocycles. The summed E-state index contributed by atoms with van der Waals surface area (Å²) < 4.78 is 6.87. The zero-order valence-corrected chi connectivity index (χ0v) is 18.4. The van der Waals surface area contributed by atoms with E-state index in [1.807, 2.05) is 18.2 Å². The molecule has 0 spiro atoms. The number of carbonyl (C=O) groups excluding carboxylic acids is 2. The van der Waals surface area contributed by atoms with Gasteiger partial charge in [-0.1, -0.05) is 36.4 Å². The third-order valence-corrected chi connectivity index (χ3v) is 6.35. The average Bonchev–Trinajstić information content (AvgIpc) is 3.19. The minimum atomic E-state index is -0.450. The van der Waals surface area contributed by atoms with E-state index in [1.165, 1.54) is 4.68 Å². The Morgan fingerprint density at radius 2 is 1.61 bits per heavy atom. The molecular formula is C24H25N5O4. The lowest BCUT2D eigenvalue weighted by molar-refractivity contribution is -0.672. The van der Waals surface area contributed by atoms with E-state index in [4.69, 9.17) is 4.74 Å². The molecule has 1 aliphatic carbocycles. The summed E-state index contributed by atoms with van der Waals surface area (Å²) in [4.78, 5) is 30.7. The van der Waals surface area contributed by atoms with Crippen LogP contribution in [0.1, 0.15) is 38.5 Å². The quantitative estimate of drug-likeness (QED) is 0.327. The maximum Gasteiger partial charge on any atom is 0.254 e. The first kappa shape index (κ1) is 21.1. The number of para-hydroxylation sites is 2. The average molecular weight is 447 g/mol. The van der Waals surface area contributed by atoms with Crippen LogP contribution in [-0.2, 0) is 6.54 Å². The van der Waals surface area contributed by atoms with Crippen molar-refractivity contribution in [1.82, 2.24) is 14.8 Å². The predicted octanol–water partition coefficient (Wildman–Crippen LogP) is 1.51. The van der Waals surface area contributed by atoms with Gasteiger partial charge < -0.3 is 14.8 Å². The highest BCUT2D eigenvalue weighted by molar-refractivity contribution is 6.26. The third-order valence-electron chi connectivity index (χ3n) is 6.35. The molecule has 3 aromatic rings. The second kappa shape index (κ2) is 8.67. The fourth-order valence-electron chi connectivity index (χ4n) is 4.66. The van der Waals surface area contributed by atoms with Crippen LogP contribution in [0.5, 0.6) is 5.75 Å². The maximum absolute atomic E-state index is 13.0. The lowest BCUT2D eigenvalue weighted by atomic mass is 9.90. The molecule has 0 N–H and O–H groups in total. The first-order chi connectivity index (χ1) is 16.1. The van der Waals surface area contributed by atoms with E-state index < -0.39 is 5.78 Å². The number of piperazine rings is 1. The zero-order chi connectivity index (χ0) is 22.9. The lowest BCUT2D eigenvalue weighted by Crippen LogP contribution is -2.46. The van der Waals surface area contributed by atoms with Gasteiger partial charge in [0.25, 0.3) is 11.4 Å². The van der Waals surface area contributed by atoms with E-state index in [1.54, 1.807) is 31.4 Å². The number of hydrogen-bond donors (Lipinski definition) is 0. The lowest BCUT2D eigenvalue weighted by Gasteiger charge is -2.36. The molecule has 33 heavy (non-hydrogen) atoms. The van der Waals surface area contributed by atoms with Crippen LogP contribution in [0.4, 0.5) is 5.69 Å². The van der Waals surface area contributed by atoms with Crippen LogP contribution in [0.25, 0.3) is 0 Å². The Hall–Kier alpha value is -3.72. The van der Waals surface area contributed by atoms with Crippen LogP contribution < -0.4 is 14.5 Å². The normalized spacial score (nSPS) is 16.0. The van der Waals surface area contributed by atoms with Crippen LogP contribution in [0.2, 0.25) is 0 Å². The van der Waals surface area contributed by atoms with Gasteiger partial charge in [0.05, 0.1) is 18.0 Å². The van der Waals surface area contributed by atoms with Crippen LogP contribution in [0.3, 0.4) is 0 Å². The number of anilines is 1. The fraction of sp³-hybridized carbons (Fsp3) is 0.333. The highest BCUT2D eigenvalue weighted by Crippen LogP contribution is 2.28. The molecule has 1 fully saturated rings. The standard InChI is InChI=1S/C24H25N5O4/c1-33-20-10-5-4-9-19(20)27-15-13-26(14-16-27)11-6-12-28-21-22(29(32)25-28)24(31)18-8-3-2-7-17(18)23(21)30/h2-5,7-10H,6,11-16H2,1H3. The number of aromatic nitrogens is 3. The Morgan fingerprint density at radius 1 is 0.939 bits per heavy atom. The van der Waals surface area contributed by atoms with Crippen LogP contribution in [-0.4, -0.2) is 66.2 Å². The van der Waals surface area contributed by atoms with Gasteiger partial charge in [-0.15, -0.1) is 9.53 Å². The molecule has 1 saturated heterocycles. The predicted molar refractivity (Wildman–Crippen MR) is 121 cm³/mol. The largest absolute Gasteiger partial charge is 0.691 e. The summed E-state index contributed by atoms with van der Waals surface area (Å²) in [5, 5.41) is 16.2. The molecule has 5 rings (SSSR count). The van der Waals surface area contributed by atoms with Gasteiger partial charge in [0.15, 0.2) is 0 Å². The van der Waals surface area contributed by atoms with Gasteiger partial charge in [-0.2, -0.15) is 0 Å². The van der Waals surface area contributed by atoms with E-state index in [0.717, 1.165) is 44.2 Å². The van der Waals surface area contributed by atoms with Crippen LogP contribution in [0, 0.1) is 5.21 Å². The molecule has 9 nitrogen and oxygen atoms in total. The summed E-state index contributed by atoms with van der Waals surface area (Å²) in [6.07, 6.45) is 0.714. The van der Waals surface area contributed by atoms with Gasteiger partial charge in [0.1, 0.15) is 12.3 Å². The fourth-order valence-corrected chi connectivity index (χ4v) is 4.66. The van der Waals surface area contributed by atoms with Crippen molar-refractivity contribution in [3.63, 3.8) is 0 Å². The summed E-state index contributed by atoms with van der Waals surface area (Å²) in [6, 6.07) is 14.6. The smallest absolute Gasteiger partial charge is 0.254 e. The number of nitrogens with zero attached hydrogens (tertiary/aromatic N) is 5. The summed E-state index contributed by atoms with van der Waals surface area (Å²) in [7, 11) is 1.69. The van der Waals surface area contributed by atoms with Crippen molar-refractivity contribution < 1.29 is 19.2 Å². The van der Waals surface area contributed by atoms with Crippen molar-refractivity contribution in [1.29, 1.82) is 0 Å². The first-order valence-electron chi connectivity index (χ1n) is 11.1. The molecule has 0 bridgehead atoms. The number of methoxy groups -OCH3 is 1. The topological polar surface area (TPSA) is 94.6 Å². The molecule has 170 valence electrons. The highest BCUT2D eigenvalue weighted by Gasteiger charge is 2.41. The number of rotatable bonds is 6. The molecule has 2 heterocycles. The SMILES string of the molecule is COc1ccccc1N1CCN(CCCn2n[n+]([O-])c3c2C(=O)c2ccccc2C3=O)CC1. The Balaban J connectivity index is 1.22. The molecular weight excluding hydrogens is 422 g/mol. The van der Waals surface area contributed by atoms with E-state index in [9.17, 15) is 14.8 Å². The number of benzene rings is 2. The van der Waals surface area contributed by atoms with Crippen LogP contribution in [0.15, 0.2) is 48.5 Å². The molecule has 0 radical (unpaired) electrons. The van der Waals surface area contributed by atoms with Gasteiger partial charge in [-0.3, -0.25) is 14.5 Å². The number of carbonyl (C=O) groups is 2. The number of fused-ring (bicyclic) bond motifs is 2. The van der Waals surface area contributed by atoms with Crippen molar-refractivity contribution in [2.45, 2.75) is 13.0 Å². The Morgan fingerprint density at radius 3 is 2.33 bits per heavy atom. The molecule has 0 amide bonds. The zero-order valence-electron chi connectivity index (χ0n) is 18.4. The van der Waals surface area contributed by atoms with Gasteiger partial charge in [0, 0.05) is 50.3 Å². The van der Waals surface area contributed by atoms with E-state index in [2.05, 4.69) is 21.1 Å². The van der Waals surface area contributed by atoms with Crippen molar-refractivity contribution in [3.05, 3.63) is 76.3 Å². The molecule has 1 aliphatic heterocycles. The second-order valence-electron chi connectivity index (χ2n) is 8.24. The Labute approximate surface area is 191 Å². The van der Waals surface area contributed by atoms with Gasteiger partial charge in [-0.25, -0.2) is 0 Å². The summed E-state index contributed by atoms with van der Waals surface area (Å²) in [5.74, 6) is 0.0998. The summed E-state index contributed by atoms with van der Waals surface area (Å²) in [6.45, 7) is 4.80. The van der Waals surface area contributed by atoms with Crippen LogP contribution >= 0.6 is 0 Å². The number of ether oxygens (including phenoxy) is 1. The van der Waals surface area contributed by atoms with Crippen molar-refractivity contribution in [3.8, 4) is 5.75 Å². The van der Waals surface area contributed by atoms with E-state index in [-0.39, 0.29) is 27.6 Å². The summed E-state index contributed by atoms with van der Waals surface area (Å²) in [5.41, 5.74) is 1.60. The van der Waals surface area contributed by atoms with Gasteiger partial charge in [0.2, 0.25) is 11.6 Å². The minimum Gasteiger partial charge on any atom is -0.691 e. The Kier molecular flexibility index (Phi) is 5.55. The molecule has 9 heteroatoms. The number of ketones is 2. The Bertz CT molecular complexity index is 1210. The third kappa shape index (κ3) is 3.74. The second-order valence-corrected chi connectivity index (χ2v) is 8.24. The van der Waals surface area contributed by atoms with Gasteiger partial charge >= 0.3 is 0 Å². The first-order valence-corrected chi connectivity index (χ1v) is 11.1. The summed E-state index contributed by atoms with van der Waals surface area (Å²) >= 11 is 0. The molecule has 0 unspecified atom stereocenters. The number of aryl methyl sites for hydroxylation is 1. The highest BCUT2D eigenvalue weighted by atomic mass is 16.5. The maximum atomic E-state index is 13.0. The number of hydrogen-bond acceptors (Lipinski definition) is 7. The molecule has 2 aliphatic rings. The monoisotopic (exact) mass is 447 g/mol. The van der Waals surface area contributed by atoms with Crippen molar-refractivity contribution >= 4 is 17.3 Å². The van der Waals surface area contributed by atoms with Gasteiger partial charge in [-0.05, 0) is 12.1 Å². The molecule has 0 atom stereocenters. The van der Waals surface area contributed by atoms with Crippen molar-refractivity contribution in [2.75, 3.05) is 44.7 Å².